The maximum atomic E-state index is 13.1. The summed E-state index contributed by atoms with van der Waals surface area (Å²) in [5, 5.41) is 10.6. The van der Waals surface area contributed by atoms with Crippen LogP contribution in [-0.4, -0.2) is 96.7 Å². The molecule has 0 heterocycles. The predicted octanol–water partition coefficient (Wildman–Crippen LogP) is 22.8. The number of rotatable bonds is 75. The number of carbonyl (C=O) groups excluding carboxylic acids is 4. The number of hydrogen-bond donors (Lipinski definition) is 3. The molecule has 0 saturated heterocycles. The number of unbranched alkanes of at least 4 members (excludes halogenated alkanes) is 40. The van der Waals surface area contributed by atoms with E-state index >= 15 is 0 Å². The topological polar surface area (TPSA) is 237 Å². The van der Waals surface area contributed by atoms with E-state index in [-0.39, 0.29) is 25.7 Å². The molecule has 0 aromatic carbocycles. The van der Waals surface area contributed by atoms with Gasteiger partial charge in [0.2, 0.25) is 0 Å². The van der Waals surface area contributed by atoms with Crippen molar-refractivity contribution in [2.24, 2.45) is 23.7 Å². The van der Waals surface area contributed by atoms with Gasteiger partial charge in [0.25, 0.3) is 0 Å². The van der Waals surface area contributed by atoms with E-state index in [0.29, 0.717) is 31.6 Å². The lowest BCUT2D eigenvalue weighted by Gasteiger charge is -2.21. The van der Waals surface area contributed by atoms with Gasteiger partial charge in [-0.25, -0.2) is 9.13 Å². The molecular weight excluding hydrogens is 1270 g/mol. The molecule has 0 aliphatic carbocycles. The van der Waals surface area contributed by atoms with Gasteiger partial charge < -0.3 is 33.8 Å². The molecule has 0 aliphatic heterocycles. The average Bonchev–Trinajstić information content (AvgIpc) is 3.65. The highest BCUT2D eigenvalue weighted by molar-refractivity contribution is 7.47. The fourth-order valence-corrected chi connectivity index (χ4v) is 13.5. The van der Waals surface area contributed by atoms with Crippen molar-refractivity contribution in [1.82, 2.24) is 0 Å². The molecule has 0 aromatic heterocycles. The van der Waals surface area contributed by atoms with Crippen LogP contribution < -0.4 is 0 Å². The maximum Gasteiger partial charge on any atom is 0.472 e. The van der Waals surface area contributed by atoms with Crippen molar-refractivity contribution in [2.45, 2.75) is 414 Å². The first-order valence-corrected chi connectivity index (χ1v) is 43.2. The second-order valence-corrected chi connectivity index (χ2v) is 32.7. The first kappa shape index (κ1) is 95.1. The van der Waals surface area contributed by atoms with Crippen molar-refractivity contribution in [1.29, 1.82) is 0 Å². The van der Waals surface area contributed by atoms with Crippen LogP contribution in [0.15, 0.2) is 0 Å². The van der Waals surface area contributed by atoms with Crippen molar-refractivity contribution in [2.75, 3.05) is 39.6 Å². The molecule has 0 rings (SSSR count). The molecule has 0 amide bonds. The molecule has 4 unspecified atom stereocenters. The van der Waals surface area contributed by atoms with Crippen molar-refractivity contribution < 1.29 is 80.2 Å². The zero-order chi connectivity index (χ0) is 71.7. The summed E-state index contributed by atoms with van der Waals surface area (Å²) in [7, 11) is -9.92. The Morgan fingerprint density at radius 1 is 0.289 bits per heavy atom. The summed E-state index contributed by atoms with van der Waals surface area (Å²) in [5.74, 6) is 0.957. The summed E-state index contributed by atoms with van der Waals surface area (Å²) >= 11 is 0. The van der Waals surface area contributed by atoms with Crippen molar-refractivity contribution in [3.8, 4) is 0 Å². The van der Waals surface area contributed by atoms with Crippen LogP contribution in [0.3, 0.4) is 0 Å². The standard InChI is InChI=1S/C78H152O17P2/c1-9-71(8)57-49-41-32-26-22-23-29-35-45-53-61-78(83)94-73(64-88-75(80)58-50-42-33-27-20-16-12-10-14-18-24-30-38-46-54-68(2)3)66-92-96(84,85)90-62-72(79)63-91-97(86,87)93-67-74(65-89-76(81)59-51-43-37-36-40-48-56-70(6)7)95-77(82)60-52-44-34-28-21-17-13-11-15-19-25-31-39-47-55-69(4)5/h68-74,79H,9-67H2,1-8H3,(H,84,85)(H,86,87)/t71?,72?,73-,74-/m1/s1. The Bertz CT molecular complexity index is 1900. The summed E-state index contributed by atoms with van der Waals surface area (Å²) in [5.41, 5.74) is 0. The van der Waals surface area contributed by atoms with E-state index in [9.17, 15) is 43.2 Å². The average molecular weight is 1420 g/mol. The molecule has 3 N–H and O–H groups in total. The molecule has 97 heavy (non-hydrogen) atoms. The Labute approximate surface area is 594 Å². The predicted molar refractivity (Wildman–Crippen MR) is 395 cm³/mol. The Morgan fingerprint density at radius 3 is 0.732 bits per heavy atom. The number of phosphoric ester groups is 2. The van der Waals surface area contributed by atoms with E-state index in [1.165, 1.54) is 193 Å². The van der Waals surface area contributed by atoms with E-state index in [1.807, 2.05) is 0 Å². The number of aliphatic hydroxyl groups is 1. The van der Waals surface area contributed by atoms with Gasteiger partial charge in [-0.1, -0.05) is 344 Å². The minimum atomic E-state index is -4.96. The summed E-state index contributed by atoms with van der Waals surface area (Å²) in [6.45, 7) is 14.2. The molecule has 0 aliphatic rings. The minimum Gasteiger partial charge on any atom is -0.462 e. The fourth-order valence-electron chi connectivity index (χ4n) is 11.9. The van der Waals surface area contributed by atoms with Crippen LogP contribution in [0, 0.1) is 23.7 Å². The number of aliphatic hydroxyl groups excluding tert-OH is 1. The van der Waals surface area contributed by atoms with Gasteiger partial charge in [0.1, 0.15) is 19.3 Å². The molecule has 6 atom stereocenters. The second-order valence-electron chi connectivity index (χ2n) is 29.8. The third-order valence-electron chi connectivity index (χ3n) is 18.4. The maximum absolute atomic E-state index is 13.1. The molecule has 0 aromatic rings. The van der Waals surface area contributed by atoms with Crippen molar-refractivity contribution in [3.05, 3.63) is 0 Å². The first-order valence-electron chi connectivity index (χ1n) is 40.2. The highest BCUT2D eigenvalue weighted by atomic mass is 31.2. The zero-order valence-corrected chi connectivity index (χ0v) is 65.5. The lowest BCUT2D eigenvalue weighted by Crippen LogP contribution is -2.30. The lowest BCUT2D eigenvalue weighted by molar-refractivity contribution is -0.161. The highest BCUT2D eigenvalue weighted by Gasteiger charge is 2.30. The highest BCUT2D eigenvalue weighted by Crippen LogP contribution is 2.45. The smallest absolute Gasteiger partial charge is 0.462 e. The number of carbonyl (C=O) groups is 4. The van der Waals surface area contributed by atoms with Crippen LogP contribution in [0.4, 0.5) is 0 Å². The van der Waals surface area contributed by atoms with E-state index in [4.69, 9.17) is 37.0 Å². The van der Waals surface area contributed by atoms with E-state index in [1.54, 1.807) is 0 Å². The van der Waals surface area contributed by atoms with E-state index in [2.05, 4.69) is 55.4 Å². The molecule has 0 bridgehead atoms. The monoisotopic (exact) mass is 1420 g/mol. The molecule has 17 nitrogen and oxygen atoms in total. The van der Waals surface area contributed by atoms with Crippen molar-refractivity contribution in [3.63, 3.8) is 0 Å². The van der Waals surface area contributed by atoms with Crippen LogP contribution in [-0.2, 0) is 65.4 Å². The largest absolute Gasteiger partial charge is 0.472 e. The summed E-state index contributed by atoms with van der Waals surface area (Å²) < 4.78 is 68.6. The molecular formula is C78H152O17P2. The normalized spacial score (nSPS) is 14.4. The third-order valence-corrected chi connectivity index (χ3v) is 20.3. The second kappa shape index (κ2) is 67.2. The van der Waals surface area contributed by atoms with Gasteiger partial charge in [-0.15, -0.1) is 0 Å². The molecule has 19 heteroatoms. The number of esters is 4. The van der Waals surface area contributed by atoms with Gasteiger partial charge in [-0.2, -0.15) is 0 Å². The minimum absolute atomic E-state index is 0.106. The number of ether oxygens (including phenoxy) is 4. The molecule has 0 fully saturated rings. The summed E-state index contributed by atoms with van der Waals surface area (Å²) in [6.07, 6.45) is 52.8. The Morgan fingerprint density at radius 2 is 0.495 bits per heavy atom. The van der Waals surface area contributed by atoms with Crippen LogP contribution in [0.1, 0.15) is 396 Å². The van der Waals surface area contributed by atoms with E-state index < -0.39 is 97.5 Å². The van der Waals surface area contributed by atoms with Gasteiger partial charge in [0.15, 0.2) is 12.2 Å². The Kier molecular flexibility index (Phi) is 65.9. The Hall–Kier alpha value is -1.94. The third kappa shape index (κ3) is 70.9. The number of hydrogen-bond acceptors (Lipinski definition) is 15. The van der Waals surface area contributed by atoms with Crippen LogP contribution in [0.5, 0.6) is 0 Å². The zero-order valence-electron chi connectivity index (χ0n) is 63.7. The number of phosphoric acid groups is 2. The Balaban J connectivity index is 5.23. The van der Waals surface area contributed by atoms with Gasteiger partial charge in [0, 0.05) is 25.7 Å². The van der Waals surface area contributed by atoms with Gasteiger partial charge in [-0.3, -0.25) is 37.3 Å². The summed E-state index contributed by atoms with van der Waals surface area (Å²) in [4.78, 5) is 72.9. The van der Waals surface area contributed by atoms with Crippen LogP contribution >= 0.6 is 15.6 Å². The molecule has 0 radical (unpaired) electrons. The molecule has 576 valence electrons. The molecule has 0 spiro atoms. The summed E-state index contributed by atoms with van der Waals surface area (Å²) in [6, 6.07) is 0. The van der Waals surface area contributed by atoms with E-state index in [0.717, 1.165) is 114 Å². The van der Waals surface area contributed by atoms with Gasteiger partial charge in [0.05, 0.1) is 26.4 Å². The molecule has 0 saturated carbocycles. The fraction of sp³-hybridized carbons (Fsp3) is 0.949. The van der Waals surface area contributed by atoms with Crippen LogP contribution in [0.2, 0.25) is 0 Å². The van der Waals surface area contributed by atoms with Crippen LogP contribution in [0.25, 0.3) is 0 Å². The van der Waals surface area contributed by atoms with Crippen molar-refractivity contribution >= 4 is 39.5 Å². The van der Waals surface area contributed by atoms with Gasteiger partial charge >= 0.3 is 39.5 Å². The van der Waals surface area contributed by atoms with Gasteiger partial charge in [-0.05, 0) is 49.4 Å². The SMILES string of the molecule is CCC(C)CCCCCCCCCCCCC(=O)O[C@H](COC(=O)CCCCCCCCCCCCCCCCC(C)C)COP(=O)(O)OCC(O)COP(=O)(O)OC[C@@H](COC(=O)CCCCCCCCC(C)C)OC(=O)CCCCCCCCCCCCCCCCC(C)C. The quantitative estimate of drug-likeness (QED) is 0.0222. The lowest BCUT2D eigenvalue weighted by atomic mass is 9.99. The first-order chi connectivity index (χ1) is 46.6.